The summed E-state index contributed by atoms with van der Waals surface area (Å²) in [5, 5.41) is 7.84. The predicted octanol–water partition coefficient (Wildman–Crippen LogP) is 5.03. The fourth-order valence-electron chi connectivity index (χ4n) is 4.82. The van der Waals surface area contributed by atoms with Gasteiger partial charge in [0.15, 0.2) is 23.4 Å². The second-order valence-electron chi connectivity index (χ2n) is 9.84. The quantitative estimate of drug-likeness (QED) is 0.276. The topological polar surface area (TPSA) is 112 Å². The molecule has 6 rings (SSSR count). The summed E-state index contributed by atoms with van der Waals surface area (Å²) >= 11 is 0. The third-order valence-corrected chi connectivity index (χ3v) is 6.78. The van der Waals surface area contributed by atoms with Crippen LogP contribution in [0.2, 0.25) is 0 Å². The van der Waals surface area contributed by atoms with Crippen molar-refractivity contribution < 1.29 is 23.0 Å². The number of ether oxygens (including phenoxy) is 3. The molecule has 41 heavy (non-hydrogen) atoms. The Balaban J connectivity index is 1.32. The molecule has 0 radical (unpaired) electrons. The van der Waals surface area contributed by atoms with E-state index in [1.54, 1.807) is 36.5 Å². The van der Waals surface area contributed by atoms with Crippen LogP contribution in [0.1, 0.15) is 18.9 Å². The maximum Gasteiger partial charge on any atom is 0.296 e. The van der Waals surface area contributed by atoms with Gasteiger partial charge in [-0.05, 0) is 56.8 Å². The van der Waals surface area contributed by atoms with Gasteiger partial charge in [-0.15, -0.1) is 0 Å². The molecule has 0 unspecified atom stereocenters. The fraction of sp³-hybridized carbons (Fsp3) is 0.321. The first-order valence-corrected chi connectivity index (χ1v) is 13.1. The van der Waals surface area contributed by atoms with E-state index < -0.39 is 12.0 Å². The lowest BCUT2D eigenvalue weighted by Crippen LogP contribution is -2.52. The average molecular weight is 563 g/mol. The lowest BCUT2D eigenvalue weighted by Gasteiger charge is -2.36. The number of hydrogen-bond acceptors (Lipinski definition) is 10. The molecular formula is C28H28F2N8O3. The van der Waals surface area contributed by atoms with Crippen LogP contribution in [0, 0.1) is 6.92 Å². The maximum absolute atomic E-state index is 15.0. The van der Waals surface area contributed by atoms with E-state index in [-0.39, 0.29) is 18.7 Å². The van der Waals surface area contributed by atoms with E-state index in [9.17, 15) is 8.78 Å². The van der Waals surface area contributed by atoms with E-state index in [0.717, 1.165) is 5.56 Å². The normalized spacial score (nSPS) is 17.0. The molecule has 4 heterocycles. The summed E-state index contributed by atoms with van der Waals surface area (Å²) in [6.45, 7) is 4.18. The Morgan fingerprint density at radius 1 is 1.07 bits per heavy atom. The van der Waals surface area contributed by atoms with Crippen LogP contribution in [0.3, 0.4) is 0 Å². The predicted molar refractivity (Wildman–Crippen MR) is 148 cm³/mol. The van der Waals surface area contributed by atoms with E-state index in [2.05, 4.69) is 30.4 Å². The summed E-state index contributed by atoms with van der Waals surface area (Å²) in [7, 11) is 1.67. The van der Waals surface area contributed by atoms with Crippen molar-refractivity contribution in [3.63, 3.8) is 0 Å². The molecule has 2 aromatic carbocycles. The number of alkyl halides is 2. The highest BCUT2D eigenvalue weighted by Gasteiger charge is 2.46. The van der Waals surface area contributed by atoms with Crippen molar-refractivity contribution in [3.05, 3.63) is 60.9 Å². The summed E-state index contributed by atoms with van der Waals surface area (Å²) in [6, 6.07) is 8.98. The number of piperidine rings is 1. The largest absolute Gasteiger partial charge is 0.490 e. The zero-order chi connectivity index (χ0) is 28.6. The summed E-state index contributed by atoms with van der Waals surface area (Å²) in [5.41, 5.74) is 2.08. The molecule has 11 nitrogen and oxygen atoms in total. The van der Waals surface area contributed by atoms with Crippen molar-refractivity contribution in [2.75, 3.05) is 32.1 Å². The van der Waals surface area contributed by atoms with Gasteiger partial charge in [0.05, 0.1) is 36.4 Å². The van der Waals surface area contributed by atoms with Gasteiger partial charge in [0.25, 0.3) is 11.7 Å². The van der Waals surface area contributed by atoms with Crippen LogP contribution in [-0.4, -0.2) is 73.2 Å². The highest BCUT2D eigenvalue weighted by molar-refractivity contribution is 5.97. The first-order chi connectivity index (χ1) is 19.8. The van der Waals surface area contributed by atoms with Crippen molar-refractivity contribution in [1.82, 2.24) is 34.4 Å². The van der Waals surface area contributed by atoms with E-state index in [1.165, 1.54) is 17.2 Å². The molecule has 0 amide bonds. The molecule has 13 heteroatoms. The number of hydrogen-bond donors (Lipinski definition) is 1. The van der Waals surface area contributed by atoms with Crippen molar-refractivity contribution in [2.45, 2.75) is 32.3 Å². The number of anilines is 2. The van der Waals surface area contributed by atoms with Crippen LogP contribution in [0.25, 0.3) is 16.7 Å². The van der Waals surface area contributed by atoms with Crippen LogP contribution >= 0.6 is 0 Å². The van der Waals surface area contributed by atoms with Gasteiger partial charge in [-0.3, -0.25) is 0 Å². The number of likely N-dealkylation sites (tertiary alicyclic amines) is 1. The summed E-state index contributed by atoms with van der Waals surface area (Å²) < 4.78 is 49.4. The lowest BCUT2D eigenvalue weighted by molar-refractivity contribution is -0.135. The monoisotopic (exact) mass is 562 g/mol. The van der Waals surface area contributed by atoms with Gasteiger partial charge in [-0.2, -0.15) is 10.1 Å². The van der Waals surface area contributed by atoms with Crippen molar-refractivity contribution in [1.29, 1.82) is 0 Å². The molecule has 1 aliphatic rings. The lowest BCUT2D eigenvalue weighted by atomic mass is 10.0. The van der Waals surface area contributed by atoms with Gasteiger partial charge in [-0.1, -0.05) is 0 Å². The first-order valence-electron chi connectivity index (χ1n) is 13.1. The van der Waals surface area contributed by atoms with Gasteiger partial charge < -0.3 is 24.4 Å². The fourth-order valence-corrected chi connectivity index (χ4v) is 4.82. The van der Waals surface area contributed by atoms with Crippen molar-refractivity contribution in [2.24, 2.45) is 0 Å². The third-order valence-electron chi connectivity index (χ3n) is 6.78. The molecule has 0 aliphatic carbocycles. The number of nitrogens with one attached hydrogen (secondary N) is 1. The summed E-state index contributed by atoms with van der Waals surface area (Å²) in [5.74, 6) is -0.498. The van der Waals surface area contributed by atoms with E-state index in [1.807, 2.05) is 32.0 Å². The molecule has 0 saturated carbocycles. The minimum Gasteiger partial charge on any atom is -0.490 e. The Morgan fingerprint density at radius 2 is 1.93 bits per heavy atom. The Labute approximate surface area is 234 Å². The molecule has 1 fully saturated rings. The van der Waals surface area contributed by atoms with Gasteiger partial charge in [0.1, 0.15) is 24.2 Å². The molecule has 5 aromatic rings. The highest BCUT2D eigenvalue weighted by Crippen LogP contribution is 2.42. The molecule has 1 saturated heterocycles. The molecule has 0 spiro atoms. The molecular weight excluding hydrogens is 534 g/mol. The third kappa shape index (κ3) is 5.40. The maximum atomic E-state index is 15.0. The minimum absolute atomic E-state index is 0.169. The van der Waals surface area contributed by atoms with Gasteiger partial charge in [0.2, 0.25) is 0 Å². The minimum atomic E-state index is -3.04. The van der Waals surface area contributed by atoms with Gasteiger partial charge in [0, 0.05) is 18.7 Å². The number of halogens is 2. The highest BCUT2D eigenvalue weighted by atomic mass is 19.3. The molecule has 1 N–H and O–H groups in total. The van der Waals surface area contributed by atoms with Crippen LogP contribution in [-0.2, 0) is 0 Å². The van der Waals surface area contributed by atoms with E-state index >= 15 is 0 Å². The zero-order valence-electron chi connectivity index (χ0n) is 22.7. The van der Waals surface area contributed by atoms with Crippen molar-refractivity contribution in [3.8, 4) is 23.0 Å². The molecule has 212 valence electrons. The van der Waals surface area contributed by atoms with Crippen LogP contribution in [0.5, 0.6) is 23.0 Å². The number of aryl methyl sites for hydroxylation is 1. The number of rotatable bonds is 8. The molecule has 3 aromatic heterocycles. The molecule has 1 atom stereocenters. The SMILES string of the molecule is CCOc1ccc2ncnc(Nc3ccc(Oc4cnc5ncnn5c4)c(C)c3)c2c1O[C@H]1CCN(C)CC1(F)F. The smallest absolute Gasteiger partial charge is 0.296 e. The van der Waals surface area contributed by atoms with Gasteiger partial charge in [-0.25, -0.2) is 28.2 Å². The van der Waals surface area contributed by atoms with Crippen LogP contribution < -0.4 is 19.5 Å². The summed E-state index contributed by atoms with van der Waals surface area (Å²) in [4.78, 5) is 18.7. The number of aromatic nitrogens is 6. The Hall–Kier alpha value is -4.65. The standard InChI is InChI=1S/C28H28F2N8O3/c1-4-39-22-8-6-20-24(25(22)41-23-9-10-37(3)14-28(23,29)30)26(33-15-32-20)36-18-5-7-21(17(2)11-18)40-19-12-31-27-34-16-35-38(27)13-19/h5-8,11-13,15-16,23H,4,9-10,14H2,1-3H3,(H,32,33,36)/t23-/m0/s1. The number of nitrogens with zero attached hydrogens (tertiary/aromatic N) is 7. The van der Waals surface area contributed by atoms with Crippen LogP contribution in [0.15, 0.2) is 55.4 Å². The van der Waals surface area contributed by atoms with Crippen molar-refractivity contribution >= 4 is 28.2 Å². The van der Waals surface area contributed by atoms with Crippen LogP contribution in [0.4, 0.5) is 20.3 Å². The Morgan fingerprint density at radius 3 is 2.73 bits per heavy atom. The number of benzene rings is 2. The van der Waals surface area contributed by atoms with E-state index in [4.69, 9.17) is 14.2 Å². The Bertz CT molecular complexity index is 1710. The second-order valence-corrected chi connectivity index (χ2v) is 9.84. The molecule has 1 aliphatic heterocycles. The van der Waals surface area contributed by atoms with E-state index in [0.29, 0.717) is 58.6 Å². The zero-order valence-corrected chi connectivity index (χ0v) is 22.7. The Kier molecular flexibility index (Phi) is 6.95. The molecule has 0 bridgehead atoms. The summed E-state index contributed by atoms with van der Waals surface area (Å²) in [6.07, 6.45) is 4.95. The first kappa shape index (κ1) is 26.6. The number of fused-ring (bicyclic) bond motifs is 2. The average Bonchev–Trinajstić information content (AvgIpc) is 3.41. The second kappa shape index (κ2) is 10.7. The van der Waals surface area contributed by atoms with Gasteiger partial charge >= 0.3 is 0 Å².